The van der Waals surface area contributed by atoms with Crippen LogP contribution in [-0.2, 0) is 0 Å². The molecule has 1 saturated heterocycles. The highest BCUT2D eigenvalue weighted by atomic mass is 32.2. The van der Waals surface area contributed by atoms with E-state index in [-0.39, 0.29) is 11.6 Å². The number of amides is 1. The van der Waals surface area contributed by atoms with Crippen molar-refractivity contribution in [3.63, 3.8) is 0 Å². The van der Waals surface area contributed by atoms with Crippen molar-refractivity contribution in [1.29, 1.82) is 0 Å². The molecule has 1 amide bonds. The van der Waals surface area contributed by atoms with E-state index in [1.807, 2.05) is 7.05 Å². The quantitative estimate of drug-likeness (QED) is 0.524. The predicted octanol–water partition coefficient (Wildman–Crippen LogP) is 2.14. The molecule has 1 atom stereocenters. The molecule has 1 unspecified atom stereocenters. The minimum Gasteiger partial charge on any atom is -0.337 e. The molecule has 7 heteroatoms. The number of likely N-dealkylation sites (N-methyl/N-ethyl adjacent to an activating group) is 1. The van der Waals surface area contributed by atoms with Crippen LogP contribution in [0.5, 0.6) is 0 Å². The van der Waals surface area contributed by atoms with Crippen molar-refractivity contribution in [2.45, 2.75) is 23.8 Å². The van der Waals surface area contributed by atoms with E-state index in [2.05, 4.69) is 5.32 Å². The van der Waals surface area contributed by atoms with Gasteiger partial charge in [0.1, 0.15) is 0 Å². The van der Waals surface area contributed by atoms with Crippen LogP contribution in [0.15, 0.2) is 23.1 Å². The SMILES string of the molecule is CNC1CCCN(C(=O)c2ccc(SC)c([N+](=O)[O-])c2)C1. The maximum Gasteiger partial charge on any atom is 0.283 e. The van der Waals surface area contributed by atoms with Gasteiger partial charge in [-0.25, -0.2) is 0 Å². The number of carbonyl (C=O) groups excluding carboxylic acids is 1. The number of piperidine rings is 1. The van der Waals surface area contributed by atoms with Crippen molar-refractivity contribution in [3.8, 4) is 0 Å². The molecule has 1 aromatic rings. The van der Waals surface area contributed by atoms with Gasteiger partial charge in [-0.05, 0) is 38.3 Å². The van der Waals surface area contributed by atoms with Gasteiger partial charge in [0.15, 0.2) is 0 Å². The first-order valence-corrected chi connectivity index (χ1v) is 8.08. The molecule has 0 radical (unpaired) electrons. The highest BCUT2D eigenvalue weighted by Crippen LogP contribution is 2.29. The van der Waals surface area contributed by atoms with E-state index in [1.165, 1.54) is 17.8 Å². The number of nitrogens with one attached hydrogen (secondary N) is 1. The van der Waals surface area contributed by atoms with Gasteiger partial charge >= 0.3 is 0 Å². The van der Waals surface area contributed by atoms with Crippen LogP contribution >= 0.6 is 11.8 Å². The fraction of sp³-hybridized carbons (Fsp3) is 0.500. The molecule has 0 spiro atoms. The third-order valence-electron chi connectivity index (χ3n) is 3.74. The molecule has 6 nitrogen and oxygen atoms in total. The van der Waals surface area contributed by atoms with Crippen molar-refractivity contribution in [2.24, 2.45) is 0 Å². The second-order valence-corrected chi connectivity index (χ2v) is 5.87. The third kappa shape index (κ3) is 3.54. The Labute approximate surface area is 128 Å². The average Bonchev–Trinajstić information content (AvgIpc) is 2.53. The van der Waals surface area contributed by atoms with E-state index >= 15 is 0 Å². The van der Waals surface area contributed by atoms with Crippen molar-refractivity contribution < 1.29 is 9.72 Å². The summed E-state index contributed by atoms with van der Waals surface area (Å²) < 4.78 is 0. The Morgan fingerprint density at radius 2 is 2.29 bits per heavy atom. The lowest BCUT2D eigenvalue weighted by Gasteiger charge is -2.32. The fourth-order valence-corrected chi connectivity index (χ4v) is 3.09. The zero-order chi connectivity index (χ0) is 15.4. The lowest BCUT2D eigenvalue weighted by atomic mass is 10.0. The molecule has 2 rings (SSSR count). The number of nitrogens with zero attached hydrogens (tertiary/aromatic N) is 2. The van der Waals surface area contributed by atoms with Gasteiger partial charge in [-0.15, -0.1) is 11.8 Å². The van der Waals surface area contributed by atoms with Crippen molar-refractivity contribution in [2.75, 3.05) is 26.4 Å². The molecule has 0 bridgehead atoms. The van der Waals surface area contributed by atoms with Crippen LogP contribution in [-0.4, -0.2) is 48.2 Å². The van der Waals surface area contributed by atoms with E-state index in [1.54, 1.807) is 23.3 Å². The van der Waals surface area contributed by atoms with Gasteiger partial charge in [0.05, 0.1) is 9.82 Å². The molecule has 0 aliphatic carbocycles. The summed E-state index contributed by atoms with van der Waals surface area (Å²) in [4.78, 5) is 25.5. The third-order valence-corrected chi connectivity index (χ3v) is 4.52. The standard InChI is InChI=1S/C14H19N3O3S/c1-15-11-4-3-7-16(9-11)14(18)10-5-6-13(21-2)12(8-10)17(19)20/h5-6,8,11,15H,3-4,7,9H2,1-2H3. The summed E-state index contributed by atoms with van der Waals surface area (Å²) in [6.07, 6.45) is 3.78. The maximum absolute atomic E-state index is 12.5. The monoisotopic (exact) mass is 309 g/mol. The van der Waals surface area contributed by atoms with Gasteiger partial charge in [0.2, 0.25) is 0 Å². The first-order chi connectivity index (χ1) is 10.1. The van der Waals surface area contributed by atoms with E-state index in [4.69, 9.17) is 0 Å². The van der Waals surface area contributed by atoms with Gasteiger partial charge in [-0.1, -0.05) is 0 Å². The predicted molar refractivity (Wildman–Crippen MR) is 82.9 cm³/mol. The van der Waals surface area contributed by atoms with Crippen LogP contribution in [0.25, 0.3) is 0 Å². The number of nitro benzene ring substituents is 1. The number of hydrogen-bond donors (Lipinski definition) is 1. The highest BCUT2D eigenvalue weighted by molar-refractivity contribution is 7.98. The number of thioether (sulfide) groups is 1. The summed E-state index contributed by atoms with van der Waals surface area (Å²) in [5.74, 6) is -0.134. The molecule has 1 aliphatic rings. The fourth-order valence-electron chi connectivity index (χ4n) is 2.55. The largest absolute Gasteiger partial charge is 0.337 e. The normalized spacial score (nSPS) is 18.6. The minimum atomic E-state index is -0.435. The summed E-state index contributed by atoms with van der Waals surface area (Å²) in [7, 11) is 1.89. The molecule has 0 saturated carbocycles. The van der Waals surface area contributed by atoms with Crippen molar-refractivity contribution in [3.05, 3.63) is 33.9 Å². The second-order valence-electron chi connectivity index (χ2n) is 5.02. The number of hydrogen-bond acceptors (Lipinski definition) is 5. The lowest BCUT2D eigenvalue weighted by molar-refractivity contribution is -0.387. The first-order valence-electron chi connectivity index (χ1n) is 6.85. The Bertz CT molecular complexity index is 550. The number of benzene rings is 1. The van der Waals surface area contributed by atoms with E-state index in [0.717, 1.165) is 12.8 Å². The Balaban J connectivity index is 2.23. The van der Waals surface area contributed by atoms with Gasteiger partial charge in [0.25, 0.3) is 11.6 Å². The van der Waals surface area contributed by atoms with Gasteiger partial charge in [0, 0.05) is 30.8 Å². The summed E-state index contributed by atoms with van der Waals surface area (Å²) in [5.41, 5.74) is 0.381. The number of rotatable bonds is 4. The number of nitro groups is 1. The van der Waals surface area contributed by atoms with Gasteiger partial charge in [-0.2, -0.15) is 0 Å². The Morgan fingerprint density at radius 1 is 1.52 bits per heavy atom. The summed E-state index contributed by atoms with van der Waals surface area (Å²) in [5, 5.41) is 14.3. The zero-order valence-corrected chi connectivity index (χ0v) is 13.0. The molecule has 21 heavy (non-hydrogen) atoms. The number of likely N-dealkylation sites (tertiary alicyclic amines) is 1. The lowest BCUT2D eigenvalue weighted by Crippen LogP contribution is -2.46. The first kappa shape index (κ1) is 15.8. The molecule has 1 heterocycles. The summed E-state index contributed by atoms with van der Waals surface area (Å²) >= 11 is 1.31. The Morgan fingerprint density at radius 3 is 2.90 bits per heavy atom. The molecule has 1 fully saturated rings. The molecule has 114 valence electrons. The Kier molecular flexibility index (Phi) is 5.19. The smallest absolute Gasteiger partial charge is 0.283 e. The second kappa shape index (κ2) is 6.91. The summed E-state index contributed by atoms with van der Waals surface area (Å²) in [6, 6.07) is 5.00. The average molecular weight is 309 g/mol. The molecular weight excluding hydrogens is 290 g/mol. The van der Waals surface area contributed by atoms with Crippen LogP contribution in [0.4, 0.5) is 5.69 Å². The van der Waals surface area contributed by atoms with Gasteiger partial charge in [-0.3, -0.25) is 14.9 Å². The van der Waals surface area contributed by atoms with Crippen LogP contribution in [0, 0.1) is 10.1 Å². The molecule has 0 aromatic heterocycles. The zero-order valence-electron chi connectivity index (χ0n) is 12.2. The van der Waals surface area contributed by atoms with Crippen LogP contribution in [0.2, 0.25) is 0 Å². The van der Waals surface area contributed by atoms with Crippen molar-refractivity contribution in [1.82, 2.24) is 10.2 Å². The molecule has 1 aromatic carbocycles. The van der Waals surface area contributed by atoms with Crippen molar-refractivity contribution >= 4 is 23.4 Å². The van der Waals surface area contributed by atoms with Crippen LogP contribution in [0.3, 0.4) is 0 Å². The Hall–Kier alpha value is -1.60. The minimum absolute atomic E-state index is 0.00414. The maximum atomic E-state index is 12.5. The van der Waals surface area contributed by atoms with Crippen LogP contribution < -0.4 is 5.32 Å². The van der Waals surface area contributed by atoms with Crippen LogP contribution in [0.1, 0.15) is 23.2 Å². The highest BCUT2D eigenvalue weighted by Gasteiger charge is 2.25. The number of carbonyl (C=O) groups is 1. The molecular formula is C14H19N3O3S. The topological polar surface area (TPSA) is 75.5 Å². The van der Waals surface area contributed by atoms with E-state index in [0.29, 0.717) is 29.6 Å². The van der Waals surface area contributed by atoms with E-state index in [9.17, 15) is 14.9 Å². The molecule has 1 N–H and O–H groups in total. The summed E-state index contributed by atoms with van der Waals surface area (Å²) in [6.45, 7) is 1.35. The van der Waals surface area contributed by atoms with E-state index < -0.39 is 4.92 Å². The molecule has 1 aliphatic heterocycles. The van der Waals surface area contributed by atoms with Gasteiger partial charge < -0.3 is 10.2 Å².